The molecule has 0 radical (unpaired) electrons. The molecule has 1 unspecified atom stereocenters. The molecule has 0 aromatic carbocycles. The maximum atomic E-state index is 6.13. The molecule has 3 rings (SSSR count). The summed E-state index contributed by atoms with van der Waals surface area (Å²) < 4.78 is 11.6. The van der Waals surface area contributed by atoms with Gasteiger partial charge in [-0.25, -0.2) is 0 Å². The Morgan fingerprint density at radius 3 is 2.26 bits per heavy atom. The third kappa shape index (κ3) is 3.71. The highest BCUT2D eigenvalue weighted by Crippen LogP contribution is 2.34. The first-order valence-electron chi connectivity index (χ1n) is 8.34. The van der Waals surface area contributed by atoms with Crippen LogP contribution in [0.2, 0.25) is 0 Å². The molecule has 0 bridgehead atoms. The lowest BCUT2D eigenvalue weighted by Crippen LogP contribution is -2.51. The van der Waals surface area contributed by atoms with Gasteiger partial charge in [0, 0.05) is 31.9 Å². The first kappa shape index (κ1) is 13.8. The maximum absolute atomic E-state index is 6.13. The number of ether oxygens (including phenoxy) is 2. The van der Waals surface area contributed by atoms with Crippen molar-refractivity contribution in [2.24, 2.45) is 0 Å². The molecule has 0 aromatic rings. The minimum atomic E-state index is 0.138. The fourth-order valence-electron chi connectivity index (χ4n) is 4.04. The van der Waals surface area contributed by atoms with Gasteiger partial charge in [-0.1, -0.05) is 25.7 Å². The van der Waals surface area contributed by atoms with E-state index in [0.717, 1.165) is 38.7 Å². The molecule has 110 valence electrons. The van der Waals surface area contributed by atoms with Crippen LogP contribution < -0.4 is 5.32 Å². The summed E-state index contributed by atoms with van der Waals surface area (Å²) >= 11 is 0. The van der Waals surface area contributed by atoms with Crippen LogP contribution in [-0.4, -0.2) is 37.5 Å². The molecule has 1 saturated carbocycles. The molecule has 3 nitrogen and oxygen atoms in total. The van der Waals surface area contributed by atoms with Gasteiger partial charge in [-0.15, -0.1) is 0 Å². The van der Waals surface area contributed by atoms with Crippen molar-refractivity contribution in [1.82, 2.24) is 5.32 Å². The highest BCUT2D eigenvalue weighted by molar-refractivity contribution is 4.92. The lowest BCUT2D eigenvalue weighted by Gasteiger charge is -2.44. The van der Waals surface area contributed by atoms with Gasteiger partial charge in [0.25, 0.3) is 0 Å². The van der Waals surface area contributed by atoms with E-state index in [1.165, 1.54) is 51.4 Å². The van der Waals surface area contributed by atoms with Gasteiger partial charge in [-0.2, -0.15) is 0 Å². The van der Waals surface area contributed by atoms with E-state index < -0.39 is 0 Å². The van der Waals surface area contributed by atoms with Gasteiger partial charge >= 0.3 is 0 Å². The first-order valence-corrected chi connectivity index (χ1v) is 8.34. The molecule has 1 spiro atoms. The van der Waals surface area contributed by atoms with Crippen LogP contribution in [0.5, 0.6) is 0 Å². The normalized spacial score (nSPS) is 33.2. The summed E-state index contributed by atoms with van der Waals surface area (Å²) in [6.45, 7) is 2.71. The Balaban J connectivity index is 1.52. The molecule has 2 saturated heterocycles. The second-order valence-electron chi connectivity index (χ2n) is 6.69. The van der Waals surface area contributed by atoms with Crippen LogP contribution in [0.3, 0.4) is 0 Å². The summed E-state index contributed by atoms with van der Waals surface area (Å²) in [7, 11) is 0. The number of rotatable bonds is 2. The zero-order chi connectivity index (χ0) is 13.0. The summed E-state index contributed by atoms with van der Waals surface area (Å²) in [4.78, 5) is 0. The molecule has 1 atom stereocenters. The fourth-order valence-corrected chi connectivity index (χ4v) is 4.04. The first-order chi connectivity index (χ1) is 9.36. The van der Waals surface area contributed by atoms with E-state index in [9.17, 15) is 0 Å². The predicted molar refractivity (Wildman–Crippen MR) is 76.4 cm³/mol. The smallest absolute Gasteiger partial charge is 0.0741 e. The topological polar surface area (TPSA) is 30.5 Å². The van der Waals surface area contributed by atoms with Crippen molar-refractivity contribution in [2.45, 2.75) is 81.9 Å². The van der Waals surface area contributed by atoms with Gasteiger partial charge in [-0.05, 0) is 38.5 Å². The quantitative estimate of drug-likeness (QED) is 0.780. The van der Waals surface area contributed by atoms with Crippen molar-refractivity contribution in [3.63, 3.8) is 0 Å². The van der Waals surface area contributed by atoms with Crippen LogP contribution in [0.1, 0.15) is 64.2 Å². The number of hydrogen-bond donors (Lipinski definition) is 1. The predicted octanol–water partition coefficient (Wildman–Crippen LogP) is 3.03. The Hall–Kier alpha value is -0.120. The molecule has 19 heavy (non-hydrogen) atoms. The maximum Gasteiger partial charge on any atom is 0.0741 e. The highest BCUT2D eigenvalue weighted by Gasteiger charge is 2.39. The van der Waals surface area contributed by atoms with Crippen LogP contribution >= 0.6 is 0 Å². The van der Waals surface area contributed by atoms with Crippen LogP contribution in [0.4, 0.5) is 0 Å². The van der Waals surface area contributed by atoms with Gasteiger partial charge in [0.2, 0.25) is 0 Å². The third-order valence-electron chi connectivity index (χ3n) is 5.22. The molecule has 1 aliphatic carbocycles. The van der Waals surface area contributed by atoms with E-state index >= 15 is 0 Å². The van der Waals surface area contributed by atoms with E-state index in [1.807, 2.05) is 0 Å². The summed E-state index contributed by atoms with van der Waals surface area (Å²) in [5, 5.41) is 3.95. The highest BCUT2D eigenvalue weighted by atomic mass is 16.5. The summed E-state index contributed by atoms with van der Waals surface area (Å²) in [6.07, 6.45) is 13.1. The zero-order valence-corrected chi connectivity index (χ0v) is 12.2. The summed E-state index contributed by atoms with van der Waals surface area (Å²) in [5.74, 6) is 0. The largest absolute Gasteiger partial charge is 0.381 e. The Bertz CT molecular complexity index is 262. The van der Waals surface area contributed by atoms with Crippen LogP contribution in [0.15, 0.2) is 0 Å². The number of hydrogen-bond acceptors (Lipinski definition) is 3. The van der Waals surface area contributed by atoms with Gasteiger partial charge < -0.3 is 14.8 Å². The van der Waals surface area contributed by atoms with Crippen molar-refractivity contribution in [2.75, 3.05) is 19.8 Å². The average molecular weight is 267 g/mol. The Morgan fingerprint density at radius 1 is 0.789 bits per heavy atom. The van der Waals surface area contributed by atoms with E-state index in [2.05, 4.69) is 5.32 Å². The van der Waals surface area contributed by atoms with Crippen molar-refractivity contribution < 1.29 is 9.47 Å². The van der Waals surface area contributed by atoms with E-state index in [0.29, 0.717) is 6.04 Å². The van der Waals surface area contributed by atoms with Crippen LogP contribution in [-0.2, 0) is 9.47 Å². The van der Waals surface area contributed by atoms with Gasteiger partial charge in [0.1, 0.15) is 0 Å². The second-order valence-corrected chi connectivity index (χ2v) is 6.69. The van der Waals surface area contributed by atoms with Crippen molar-refractivity contribution in [3.8, 4) is 0 Å². The summed E-state index contributed by atoms with van der Waals surface area (Å²) in [5.41, 5.74) is 0.138. The molecular weight excluding hydrogens is 238 g/mol. The molecule has 0 aromatic heterocycles. The minimum absolute atomic E-state index is 0.138. The van der Waals surface area contributed by atoms with E-state index in [-0.39, 0.29) is 5.60 Å². The standard InChI is InChI=1S/C16H29NO2/c1-2-4-6-14(5-3-1)17-15-7-10-19-16(13-15)8-11-18-12-9-16/h14-15,17H,1-13H2. The van der Waals surface area contributed by atoms with E-state index in [4.69, 9.17) is 9.47 Å². The molecule has 0 amide bonds. The average Bonchev–Trinajstić information content (AvgIpc) is 2.68. The Labute approximate surface area is 117 Å². The van der Waals surface area contributed by atoms with Gasteiger partial charge in [0.15, 0.2) is 0 Å². The minimum Gasteiger partial charge on any atom is -0.381 e. The van der Waals surface area contributed by atoms with Gasteiger partial charge in [0.05, 0.1) is 5.60 Å². The Kier molecular flexibility index (Phi) is 4.78. The number of nitrogens with one attached hydrogen (secondary N) is 1. The van der Waals surface area contributed by atoms with E-state index in [1.54, 1.807) is 0 Å². The van der Waals surface area contributed by atoms with Crippen molar-refractivity contribution >= 4 is 0 Å². The molecule has 3 aliphatic rings. The molecule has 3 fully saturated rings. The lowest BCUT2D eigenvalue weighted by atomic mass is 9.83. The van der Waals surface area contributed by atoms with Crippen molar-refractivity contribution in [3.05, 3.63) is 0 Å². The zero-order valence-electron chi connectivity index (χ0n) is 12.2. The second kappa shape index (κ2) is 6.55. The fraction of sp³-hybridized carbons (Fsp3) is 1.00. The van der Waals surface area contributed by atoms with Crippen LogP contribution in [0.25, 0.3) is 0 Å². The molecule has 1 N–H and O–H groups in total. The monoisotopic (exact) mass is 267 g/mol. The third-order valence-corrected chi connectivity index (χ3v) is 5.22. The van der Waals surface area contributed by atoms with Crippen LogP contribution in [0, 0.1) is 0 Å². The molecule has 2 aliphatic heterocycles. The Morgan fingerprint density at radius 2 is 1.53 bits per heavy atom. The molecular formula is C16H29NO2. The SMILES string of the molecule is C1CCCC(NC2CCOC3(CCOCC3)C2)CC1. The molecule has 2 heterocycles. The molecule has 3 heteroatoms. The summed E-state index contributed by atoms with van der Waals surface area (Å²) in [6, 6.07) is 1.44. The van der Waals surface area contributed by atoms with Gasteiger partial charge in [-0.3, -0.25) is 0 Å². The van der Waals surface area contributed by atoms with Crippen molar-refractivity contribution in [1.29, 1.82) is 0 Å². The lowest BCUT2D eigenvalue weighted by molar-refractivity contribution is -0.141.